The Hall–Kier alpha value is -3.27. The Bertz CT molecular complexity index is 1540. The Morgan fingerprint density at radius 1 is 0.932 bits per heavy atom. The van der Waals surface area contributed by atoms with Crippen LogP contribution in [-0.4, -0.2) is 15.9 Å². The second-order valence-corrected chi connectivity index (χ2v) is 12.8. The van der Waals surface area contributed by atoms with Crippen LogP contribution in [0, 0.1) is 16.9 Å². The molecule has 1 fully saturated rings. The summed E-state index contributed by atoms with van der Waals surface area (Å²) in [6.45, 7) is 11.7. The number of pyridine rings is 1. The van der Waals surface area contributed by atoms with E-state index in [0.717, 1.165) is 29.5 Å². The molecule has 0 spiro atoms. The molecule has 1 aromatic heterocycles. The number of aliphatic hydroxyl groups excluding tert-OH is 1. The molecule has 4 aromatic rings. The quantitative estimate of drug-likeness (QED) is 0.105. The van der Waals surface area contributed by atoms with Crippen molar-refractivity contribution < 1.29 is 34.7 Å². The van der Waals surface area contributed by atoms with Gasteiger partial charge < -0.3 is 9.84 Å². The number of allylic oxidation sites excluding steroid dienone is 2. The Balaban J connectivity index is 0.000000286. The number of hydrogen-bond donors (Lipinski definition) is 1. The van der Waals surface area contributed by atoms with Crippen LogP contribution in [0.5, 0.6) is 11.6 Å². The maximum Gasteiger partial charge on any atom is 0.217 e. The number of ether oxygens (including phenoxy) is 1. The molecule has 1 heterocycles. The van der Waals surface area contributed by atoms with Crippen molar-refractivity contribution in [2.24, 2.45) is 10.8 Å². The Morgan fingerprint density at radius 2 is 1.59 bits per heavy atom. The van der Waals surface area contributed by atoms with Crippen LogP contribution in [0.15, 0.2) is 90.7 Å². The predicted molar refractivity (Wildman–Crippen MR) is 178 cm³/mol. The number of hydrogen-bond acceptors (Lipinski definition) is 4. The molecule has 235 valence electrons. The molecular formula is C39H46IrNO3-. The largest absolute Gasteiger partial charge is 0.512 e. The van der Waals surface area contributed by atoms with Crippen molar-refractivity contribution >= 4 is 16.6 Å². The van der Waals surface area contributed by atoms with Crippen molar-refractivity contribution in [1.82, 2.24) is 4.98 Å². The van der Waals surface area contributed by atoms with E-state index in [4.69, 9.17) is 9.72 Å². The maximum atomic E-state index is 11.8. The van der Waals surface area contributed by atoms with Crippen LogP contribution in [0.4, 0.5) is 0 Å². The zero-order chi connectivity index (χ0) is 31.0. The van der Waals surface area contributed by atoms with Gasteiger partial charge >= 0.3 is 0 Å². The summed E-state index contributed by atoms with van der Waals surface area (Å²) >= 11 is 0. The molecule has 0 aliphatic heterocycles. The Labute approximate surface area is 277 Å². The van der Waals surface area contributed by atoms with Gasteiger partial charge in [-0.3, -0.25) is 4.79 Å². The van der Waals surface area contributed by atoms with Crippen molar-refractivity contribution in [3.8, 4) is 22.9 Å². The minimum Gasteiger partial charge on any atom is -0.512 e. The molecule has 3 aromatic carbocycles. The number of carbonyl (C=O) groups excluding carboxylic acids is 1. The van der Waals surface area contributed by atoms with Crippen molar-refractivity contribution in [2.45, 2.75) is 86.0 Å². The number of aromatic nitrogens is 1. The van der Waals surface area contributed by atoms with Crippen LogP contribution < -0.4 is 4.74 Å². The summed E-state index contributed by atoms with van der Waals surface area (Å²) in [6.07, 6.45) is 8.26. The van der Waals surface area contributed by atoms with E-state index in [1.165, 1.54) is 42.7 Å². The van der Waals surface area contributed by atoms with Crippen molar-refractivity contribution in [3.05, 3.63) is 102 Å². The molecule has 0 saturated heterocycles. The van der Waals surface area contributed by atoms with E-state index in [2.05, 4.69) is 42.5 Å². The average Bonchev–Trinajstić information content (AvgIpc) is 3.57. The summed E-state index contributed by atoms with van der Waals surface area (Å²) in [6, 6.07) is 30.0. The topological polar surface area (TPSA) is 59.4 Å². The second-order valence-electron chi connectivity index (χ2n) is 12.8. The van der Waals surface area contributed by atoms with Crippen molar-refractivity contribution in [2.75, 3.05) is 0 Å². The van der Waals surface area contributed by atoms with E-state index < -0.39 is 0 Å². The minimum atomic E-state index is -0.377. The third-order valence-electron chi connectivity index (χ3n) is 9.00. The number of rotatable bonds is 9. The first-order valence-corrected chi connectivity index (χ1v) is 15.6. The molecule has 0 atom stereocenters. The SMILES string of the molecule is CCC(C)(C)C(=O)/C=C(\O)C(C)(C)CC.[Ir].[c-]1ccccc1Oc1cc2cc(C3CCCC3)ccc2c(-c2ccccc2)n1. The average molecular weight is 769 g/mol. The third-order valence-corrected chi connectivity index (χ3v) is 9.00. The van der Waals surface area contributed by atoms with Gasteiger partial charge in [-0.1, -0.05) is 103 Å². The monoisotopic (exact) mass is 769 g/mol. The van der Waals surface area contributed by atoms with Crippen LogP contribution in [0.1, 0.15) is 91.5 Å². The molecular weight excluding hydrogens is 723 g/mol. The van der Waals surface area contributed by atoms with Gasteiger partial charge in [-0.15, -0.1) is 12.1 Å². The first-order chi connectivity index (χ1) is 20.5. The molecule has 1 aliphatic carbocycles. The molecule has 5 heteroatoms. The number of fused-ring (bicyclic) bond motifs is 1. The predicted octanol–water partition coefficient (Wildman–Crippen LogP) is 11.0. The fraction of sp³-hybridized carbons (Fsp3) is 0.385. The van der Waals surface area contributed by atoms with E-state index in [9.17, 15) is 9.90 Å². The van der Waals surface area contributed by atoms with Gasteiger partial charge in [0.15, 0.2) is 5.78 Å². The van der Waals surface area contributed by atoms with Gasteiger partial charge in [-0.05, 0) is 42.6 Å². The number of nitrogens with zero attached hydrogens (tertiary/aromatic N) is 1. The molecule has 44 heavy (non-hydrogen) atoms. The zero-order valence-electron chi connectivity index (χ0n) is 26.9. The fourth-order valence-electron chi connectivity index (χ4n) is 5.06. The summed E-state index contributed by atoms with van der Waals surface area (Å²) in [4.78, 5) is 16.7. The first-order valence-electron chi connectivity index (χ1n) is 15.6. The summed E-state index contributed by atoms with van der Waals surface area (Å²) in [5.41, 5.74) is 2.81. The standard InChI is InChI=1S/C26H22NO.C13H24O2.Ir/c1-3-11-20(12-4-1)26-24-16-15-21(19-9-7-8-10-19)17-22(24)18-25(27-26)28-23-13-5-2-6-14-23;1-7-12(3,4)10(14)9-11(15)13(5,6)8-2;/h1-6,11-13,15-19H,7-10H2;9,14H,7-8H2,1-6H3;/q-1;;/b;10-9-;. The molecule has 0 unspecified atom stereocenters. The number of carbonyl (C=O) groups is 1. The van der Waals surface area contributed by atoms with Crippen molar-refractivity contribution in [1.29, 1.82) is 0 Å². The van der Waals surface area contributed by atoms with Crippen LogP contribution in [0.3, 0.4) is 0 Å². The molecule has 1 saturated carbocycles. The van der Waals surface area contributed by atoms with Crippen LogP contribution in [0.25, 0.3) is 22.0 Å². The fourth-order valence-corrected chi connectivity index (χ4v) is 5.06. The van der Waals surface area contributed by atoms with Gasteiger partial charge in [-0.2, -0.15) is 18.2 Å². The van der Waals surface area contributed by atoms with E-state index in [-0.39, 0.29) is 42.5 Å². The maximum absolute atomic E-state index is 11.8. The molecule has 1 aliphatic rings. The van der Waals surface area contributed by atoms with E-state index in [0.29, 0.717) is 17.5 Å². The van der Waals surface area contributed by atoms with Crippen LogP contribution in [-0.2, 0) is 24.9 Å². The smallest absolute Gasteiger partial charge is 0.217 e. The summed E-state index contributed by atoms with van der Waals surface area (Å²) in [5, 5.41) is 12.2. The summed E-state index contributed by atoms with van der Waals surface area (Å²) in [5.74, 6) is 2.17. The van der Waals surface area contributed by atoms with E-state index in [1.54, 1.807) is 0 Å². The summed E-state index contributed by atoms with van der Waals surface area (Å²) < 4.78 is 6.05. The minimum absolute atomic E-state index is 0. The number of para-hydroxylation sites is 1. The molecule has 0 bridgehead atoms. The van der Waals surface area contributed by atoms with Gasteiger partial charge in [0.1, 0.15) is 5.76 Å². The third kappa shape index (κ3) is 8.89. The first kappa shape index (κ1) is 35.2. The number of benzene rings is 3. The van der Waals surface area contributed by atoms with Gasteiger partial charge in [0.05, 0.1) is 5.69 Å². The van der Waals surface area contributed by atoms with Gasteiger partial charge in [0, 0.05) is 59.8 Å². The van der Waals surface area contributed by atoms with Gasteiger partial charge in [0.2, 0.25) is 5.88 Å². The number of aliphatic hydroxyl groups is 1. The van der Waals surface area contributed by atoms with E-state index in [1.807, 2.05) is 84.0 Å². The van der Waals surface area contributed by atoms with Crippen LogP contribution in [0.2, 0.25) is 0 Å². The van der Waals surface area contributed by atoms with Crippen molar-refractivity contribution in [3.63, 3.8) is 0 Å². The van der Waals surface area contributed by atoms with Gasteiger partial charge in [0.25, 0.3) is 0 Å². The van der Waals surface area contributed by atoms with E-state index >= 15 is 0 Å². The van der Waals surface area contributed by atoms with Crippen LogP contribution >= 0.6 is 0 Å². The summed E-state index contributed by atoms with van der Waals surface area (Å²) in [7, 11) is 0. The second kappa shape index (κ2) is 15.6. The van der Waals surface area contributed by atoms with Gasteiger partial charge in [-0.25, -0.2) is 4.98 Å². The Morgan fingerprint density at radius 3 is 2.20 bits per heavy atom. The molecule has 4 nitrogen and oxygen atoms in total. The molecule has 1 N–H and O–H groups in total. The normalized spacial score (nSPS) is 14.0. The molecule has 1 radical (unpaired) electrons. The molecule has 0 amide bonds. The Kier molecular flexibility index (Phi) is 12.5. The number of ketones is 1. The zero-order valence-corrected chi connectivity index (χ0v) is 29.3. The molecule has 5 rings (SSSR count).